The number of esters is 1. The predicted molar refractivity (Wildman–Crippen MR) is 86.4 cm³/mol. The van der Waals surface area contributed by atoms with Crippen molar-refractivity contribution in [1.29, 1.82) is 0 Å². The molecule has 3 heteroatoms. The van der Waals surface area contributed by atoms with Crippen LogP contribution in [0.2, 0.25) is 0 Å². The maximum atomic E-state index is 12.1. The molecule has 0 aromatic rings. The topological polar surface area (TPSA) is 46.5 Å². The summed E-state index contributed by atoms with van der Waals surface area (Å²) < 4.78 is 5.57. The lowest BCUT2D eigenvalue weighted by molar-refractivity contribution is -0.150. The Morgan fingerprint density at radius 3 is 2.68 bits per heavy atom. The van der Waals surface area contributed by atoms with Crippen molar-refractivity contribution in [2.24, 2.45) is 23.2 Å². The highest BCUT2D eigenvalue weighted by molar-refractivity contribution is 5.72. The lowest BCUT2D eigenvalue weighted by Gasteiger charge is -2.47. The molecule has 3 atom stereocenters. The Labute approximate surface area is 134 Å². The number of aliphatic hydroxyl groups excluding tert-OH is 1. The fourth-order valence-electron chi connectivity index (χ4n) is 5.35. The van der Waals surface area contributed by atoms with Crippen LogP contribution in [0, 0.1) is 23.2 Å². The Balaban J connectivity index is 1.42. The Bertz CT molecular complexity index is 375. The molecule has 0 saturated heterocycles. The second kappa shape index (κ2) is 7.33. The van der Waals surface area contributed by atoms with Gasteiger partial charge in [-0.3, -0.25) is 4.79 Å². The minimum Gasteiger partial charge on any atom is -0.465 e. The highest BCUT2D eigenvalue weighted by Crippen LogP contribution is 2.51. The van der Waals surface area contributed by atoms with E-state index in [0.717, 1.165) is 31.6 Å². The maximum Gasteiger partial charge on any atom is 0.308 e. The van der Waals surface area contributed by atoms with E-state index in [1.807, 2.05) is 0 Å². The summed E-state index contributed by atoms with van der Waals surface area (Å²) in [4.78, 5) is 12.1. The number of fused-ring (bicyclic) bond motifs is 2. The Hall–Kier alpha value is -0.570. The molecular formula is C19H32O3. The van der Waals surface area contributed by atoms with Gasteiger partial charge in [0.2, 0.25) is 0 Å². The normalized spacial score (nSPS) is 36.0. The van der Waals surface area contributed by atoms with Gasteiger partial charge < -0.3 is 9.84 Å². The van der Waals surface area contributed by atoms with Crippen LogP contribution in [0.15, 0.2) is 0 Å². The van der Waals surface area contributed by atoms with Gasteiger partial charge in [-0.05, 0) is 62.2 Å². The molecule has 0 aliphatic heterocycles. The molecule has 126 valence electrons. The molecule has 22 heavy (non-hydrogen) atoms. The van der Waals surface area contributed by atoms with Crippen molar-refractivity contribution in [3.63, 3.8) is 0 Å². The SMILES string of the molecule is O=C(OCCC1CC2CCCC(CO)(C2)C1)C1CCCCC1. The van der Waals surface area contributed by atoms with Gasteiger partial charge in [0.25, 0.3) is 0 Å². The van der Waals surface area contributed by atoms with E-state index in [1.165, 1.54) is 51.4 Å². The molecule has 0 amide bonds. The largest absolute Gasteiger partial charge is 0.465 e. The minimum absolute atomic E-state index is 0.0487. The second-order valence-corrected chi connectivity index (χ2v) is 8.22. The Morgan fingerprint density at radius 2 is 1.91 bits per heavy atom. The maximum absolute atomic E-state index is 12.1. The van der Waals surface area contributed by atoms with Gasteiger partial charge in [0.15, 0.2) is 0 Å². The Kier molecular flexibility index (Phi) is 5.43. The van der Waals surface area contributed by atoms with Crippen LogP contribution in [0.4, 0.5) is 0 Å². The Morgan fingerprint density at radius 1 is 1.09 bits per heavy atom. The van der Waals surface area contributed by atoms with E-state index >= 15 is 0 Å². The number of hydrogen-bond donors (Lipinski definition) is 1. The van der Waals surface area contributed by atoms with E-state index in [9.17, 15) is 9.90 Å². The van der Waals surface area contributed by atoms with E-state index in [1.54, 1.807) is 0 Å². The number of carbonyl (C=O) groups excluding carboxylic acids is 1. The van der Waals surface area contributed by atoms with Crippen LogP contribution in [0.5, 0.6) is 0 Å². The first-order chi connectivity index (χ1) is 10.7. The van der Waals surface area contributed by atoms with Gasteiger partial charge in [0, 0.05) is 6.61 Å². The average Bonchev–Trinajstić information content (AvgIpc) is 2.55. The third kappa shape index (κ3) is 3.84. The molecule has 0 radical (unpaired) electrons. The highest BCUT2D eigenvalue weighted by atomic mass is 16.5. The molecule has 3 rings (SSSR count). The monoisotopic (exact) mass is 308 g/mol. The summed E-state index contributed by atoms with van der Waals surface area (Å²) in [6, 6.07) is 0. The molecule has 3 aliphatic carbocycles. The summed E-state index contributed by atoms with van der Waals surface area (Å²) in [5.41, 5.74) is 0.194. The van der Waals surface area contributed by atoms with Crippen molar-refractivity contribution < 1.29 is 14.6 Å². The molecule has 0 spiro atoms. The summed E-state index contributed by atoms with van der Waals surface area (Å²) in [6.07, 6.45) is 14.1. The molecule has 1 N–H and O–H groups in total. The first kappa shape index (κ1) is 16.3. The van der Waals surface area contributed by atoms with E-state index in [-0.39, 0.29) is 17.3 Å². The summed E-state index contributed by atoms with van der Waals surface area (Å²) in [7, 11) is 0. The number of hydrogen-bond acceptors (Lipinski definition) is 3. The molecule has 3 unspecified atom stereocenters. The van der Waals surface area contributed by atoms with Gasteiger partial charge in [0.05, 0.1) is 12.5 Å². The first-order valence-electron chi connectivity index (χ1n) is 9.48. The fraction of sp³-hybridized carbons (Fsp3) is 0.947. The zero-order chi connectivity index (χ0) is 15.4. The van der Waals surface area contributed by atoms with E-state index in [2.05, 4.69) is 0 Å². The molecule has 2 bridgehead atoms. The average molecular weight is 308 g/mol. The van der Waals surface area contributed by atoms with Crippen molar-refractivity contribution in [2.45, 2.75) is 77.0 Å². The lowest BCUT2D eigenvalue weighted by atomic mass is 9.59. The van der Waals surface area contributed by atoms with Gasteiger partial charge in [-0.1, -0.05) is 32.1 Å². The third-order valence-corrected chi connectivity index (χ3v) is 6.47. The van der Waals surface area contributed by atoms with Crippen molar-refractivity contribution in [3.8, 4) is 0 Å². The van der Waals surface area contributed by atoms with Crippen molar-refractivity contribution in [2.75, 3.05) is 13.2 Å². The van der Waals surface area contributed by atoms with Crippen molar-refractivity contribution in [3.05, 3.63) is 0 Å². The number of carbonyl (C=O) groups is 1. The van der Waals surface area contributed by atoms with Gasteiger partial charge in [-0.2, -0.15) is 0 Å². The van der Waals surface area contributed by atoms with Crippen molar-refractivity contribution in [1.82, 2.24) is 0 Å². The van der Waals surface area contributed by atoms with Gasteiger partial charge in [0.1, 0.15) is 0 Å². The number of ether oxygens (including phenoxy) is 1. The van der Waals surface area contributed by atoms with Crippen LogP contribution < -0.4 is 0 Å². The quantitative estimate of drug-likeness (QED) is 0.778. The van der Waals surface area contributed by atoms with Crippen LogP contribution in [-0.4, -0.2) is 24.3 Å². The van der Waals surface area contributed by atoms with Gasteiger partial charge in [-0.25, -0.2) is 0 Å². The number of aliphatic hydroxyl groups is 1. The van der Waals surface area contributed by atoms with Crippen LogP contribution in [0.3, 0.4) is 0 Å². The van der Waals surface area contributed by atoms with E-state index < -0.39 is 0 Å². The zero-order valence-electron chi connectivity index (χ0n) is 13.9. The predicted octanol–water partition coefficient (Wildman–Crippen LogP) is 4.08. The van der Waals surface area contributed by atoms with Crippen LogP contribution in [0.1, 0.15) is 77.0 Å². The second-order valence-electron chi connectivity index (χ2n) is 8.22. The molecule has 3 nitrogen and oxygen atoms in total. The molecule has 0 heterocycles. The van der Waals surface area contributed by atoms with Gasteiger partial charge >= 0.3 is 5.97 Å². The van der Waals surface area contributed by atoms with Crippen LogP contribution in [0.25, 0.3) is 0 Å². The van der Waals surface area contributed by atoms with E-state index in [4.69, 9.17) is 4.74 Å². The van der Waals surface area contributed by atoms with Crippen LogP contribution >= 0.6 is 0 Å². The minimum atomic E-state index is 0.0487. The first-order valence-corrected chi connectivity index (χ1v) is 9.48. The third-order valence-electron chi connectivity index (χ3n) is 6.47. The van der Waals surface area contributed by atoms with Gasteiger partial charge in [-0.15, -0.1) is 0 Å². The summed E-state index contributed by atoms with van der Waals surface area (Å²) >= 11 is 0. The van der Waals surface area contributed by atoms with Crippen LogP contribution in [-0.2, 0) is 9.53 Å². The zero-order valence-corrected chi connectivity index (χ0v) is 13.9. The summed E-state index contributed by atoms with van der Waals surface area (Å²) in [6.45, 7) is 0.941. The molecule has 3 aliphatic rings. The molecule has 0 aromatic carbocycles. The number of rotatable bonds is 5. The summed E-state index contributed by atoms with van der Waals surface area (Å²) in [5, 5.41) is 9.81. The smallest absolute Gasteiger partial charge is 0.308 e. The molecule has 3 fully saturated rings. The standard InChI is InChI=1S/C19H32O3/c20-14-19-9-4-5-15(12-19)11-16(13-19)8-10-22-18(21)17-6-2-1-3-7-17/h15-17,20H,1-14H2. The van der Waals surface area contributed by atoms with E-state index in [0.29, 0.717) is 19.1 Å². The van der Waals surface area contributed by atoms with Crippen molar-refractivity contribution >= 4 is 5.97 Å². The fourth-order valence-corrected chi connectivity index (χ4v) is 5.35. The highest BCUT2D eigenvalue weighted by Gasteiger charge is 2.42. The summed E-state index contributed by atoms with van der Waals surface area (Å²) in [5.74, 6) is 1.66. The molecular weight excluding hydrogens is 276 g/mol. The molecule has 3 saturated carbocycles. The lowest BCUT2D eigenvalue weighted by Crippen LogP contribution is -2.39. The molecule has 0 aromatic heterocycles.